The Morgan fingerprint density at radius 3 is 2.75 bits per heavy atom. The third kappa shape index (κ3) is 3.09. The smallest absolute Gasteiger partial charge is 0.220 e. The van der Waals surface area contributed by atoms with Crippen LogP contribution in [0.5, 0.6) is 0 Å². The van der Waals surface area contributed by atoms with Crippen molar-refractivity contribution in [3.63, 3.8) is 0 Å². The summed E-state index contributed by atoms with van der Waals surface area (Å²) < 4.78 is 4.35. The average molecular weight is 456 g/mol. The van der Waals surface area contributed by atoms with Crippen LogP contribution in [0.1, 0.15) is 90.6 Å². The molecule has 1 aromatic rings. The number of fused-ring (bicyclic) bond motifs is 6. The van der Waals surface area contributed by atoms with Crippen molar-refractivity contribution in [2.24, 2.45) is 40.4 Å². The Balaban J connectivity index is 1.43. The summed E-state index contributed by atoms with van der Waals surface area (Å²) in [6, 6.07) is 0. The number of amides is 1. The Labute approximate surface area is 198 Å². The van der Waals surface area contributed by atoms with Crippen LogP contribution < -0.4 is 5.32 Å². The second kappa shape index (κ2) is 7.65. The molecule has 32 heavy (non-hydrogen) atoms. The zero-order valence-electron chi connectivity index (χ0n) is 20.8. The minimum Gasteiger partial charge on any atom is -0.356 e. The molecule has 2 fully saturated rings. The molecule has 176 valence electrons. The van der Waals surface area contributed by atoms with Gasteiger partial charge in [-0.1, -0.05) is 50.8 Å². The van der Waals surface area contributed by atoms with Gasteiger partial charge < -0.3 is 5.32 Å². The van der Waals surface area contributed by atoms with E-state index in [-0.39, 0.29) is 16.7 Å². The molecule has 1 aromatic heterocycles. The highest BCUT2D eigenvalue weighted by molar-refractivity contribution is 7.05. The van der Waals surface area contributed by atoms with Crippen LogP contribution in [0.2, 0.25) is 0 Å². The zero-order valence-corrected chi connectivity index (χ0v) is 21.6. The van der Waals surface area contributed by atoms with Crippen molar-refractivity contribution in [3.05, 3.63) is 22.2 Å². The van der Waals surface area contributed by atoms with Crippen LogP contribution in [0, 0.1) is 40.4 Å². The zero-order chi connectivity index (χ0) is 22.9. The van der Waals surface area contributed by atoms with Gasteiger partial charge >= 0.3 is 0 Å². The summed E-state index contributed by atoms with van der Waals surface area (Å²) in [4.78, 5) is 13.7. The fraction of sp³-hybridized carbons (Fsp3) is 0.815. The van der Waals surface area contributed by atoms with E-state index in [4.69, 9.17) is 0 Å². The normalized spacial score (nSPS) is 40.4. The van der Waals surface area contributed by atoms with Crippen LogP contribution in [0.3, 0.4) is 0 Å². The molecule has 0 radical (unpaired) electrons. The Kier molecular flexibility index (Phi) is 5.39. The third-order valence-electron chi connectivity index (χ3n) is 10.5. The molecule has 5 rings (SSSR count). The summed E-state index contributed by atoms with van der Waals surface area (Å²) in [6.45, 7) is 15.0. The van der Waals surface area contributed by atoms with Gasteiger partial charge in [0.05, 0.1) is 10.6 Å². The average Bonchev–Trinajstić information content (AvgIpc) is 3.32. The molecule has 2 saturated carbocycles. The minimum atomic E-state index is 0.000415. The minimum absolute atomic E-state index is 0.000415. The van der Waals surface area contributed by atoms with E-state index in [1.807, 2.05) is 6.92 Å². The molecule has 4 aliphatic rings. The maximum Gasteiger partial charge on any atom is 0.220 e. The van der Waals surface area contributed by atoms with Crippen molar-refractivity contribution in [1.29, 1.82) is 0 Å². The van der Waals surface area contributed by atoms with Gasteiger partial charge in [-0.05, 0) is 97.4 Å². The molecule has 4 aliphatic carbocycles. The van der Waals surface area contributed by atoms with Gasteiger partial charge in [-0.15, -0.1) is 5.10 Å². The lowest BCUT2D eigenvalue weighted by atomic mass is 9.45. The first-order chi connectivity index (χ1) is 15.1. The van der Waals surface area contributed by atoms with E-state index in [1.165, 1.54) is 42.7 Å². The highest BCUT2D eigenvalue weighted by Crippen LogP contribution is 2.68. The first-order valence-electron chi connectivity index (χ1n) is 12.9. The topological polar surface area (TPSA) is 54.9 Å². The number of hydrogen-bond donors (Lipinski definition) is 1. The van der Waals surface area contributed by atoms with E-state index in [9.17, 15) is 4.79 Å². The van der Waals surface area contributed by atoms with Gasteiger partial charge in [0.15, 0.2) is 0 Å². The first kappa shape index (κ1) is 22.6. The number of nitrogens with one attached hydrogen (secondary N) is 1. The van der Waals surface area contributed by atoms with Crippen LogP contribution in [-0.2, 0) is 16.6 Å². The Morgan fingerprint density at radius 1 is 1.22 bits per heavy atom. The predicted octanol–water partition coefficient (Wildman–Crippen LogP) is 5.93. The van der Waals surface area contributed by atoms with Crippen molar-refractivity contribution in [1.82, 2.24) is 14.9 Å². The number of rotatable bonds is 4. The second-order valence-electron chi connectivity index (χ2n) is 12.4. The summed E-state index contributed by atoms with van der Waals surface area (Å²) in [6.07, 6.45) is 11.0. The number of nitrogens with zero attached hydrogens (tertiary/aromatic N) is 2. The van der Waals surface area contributed by atoms with Crippen molar-refractivity contribution in [2.75, 3.05) is 6.54 Å². The van der Waals surface area contributed by atoms with E-state index < -0.39 is 0 Å². The van der Waals surface area contributed by atoms with E-state index in [0.717, 1.165) is 30.7 Å². The fourth-order valence-corrected chi connectivity index (χ4v) is 10.2. The lowest BCUT2D eigenvalue weighted by molar-refractivity contribution is -0.122. The van der Waals surface area contributed by atoms with Gasteiger partial charge in [0.25, 0.3) is 0 Å². The first-order valence-corrected chi connectivity index (χ1v) is 13.7. The molecule has 7 atom stereocenters. The molecule has 0 aromatic carbocycles. The standard InChI is InChI=1S/C27H41N3OS/c1-7-28-23(31)14-16(2)18-9-10-19-17-8-11-22-25(3,4)24-21(32-30-29-24)15-27(22,6)20(17)12-13-26(18,19)5/h11,16-20H,7-10,12-15H2,1-6H3,(H,28,31)/t16-,17+,18-,19+,20+,26-,27-/m1/s1. The van der Waals surface area contributed by atoms with Gasteiger partial charge in [0.2, 0.25) is 5.91 Å². The SMILES string of the molecule is CCNC(=O)C[C@@H](C)[C@H]1CC[C@H]2[C@@H]3CC=C4C(C)(C)c5nnsc5C[C@]4(C)[C@H]3CC[C@]12C. The molecule has 0 aliphatic heterocycles. The Bertz CT molecular complexity index is 935. The molecule has 0 spiro atoms. The van der Waals surface area contributed by atoms with Crippen LogP contribution >= 0.6 is 11.5 Å². The van der Waals surface area contributed by atoms with Gasteiger partial charge in [-0.25, -0.2) is 0 Å². The highest BCUT2D eigenvalue weighted by Gasteiger charge is 2.61. The van der Waals surface area contributed by atoms with Crippen molar-refractivity contribution >= 4 is 17.4 Å². The number of carbonyl (C=O) groups excluding carboxylic acids is 1. The van der Waals surface area contributed by atoms with Gasteiger partial charge in [0.1, 0.15) is 0 Å². The lowest BCUT2D eigenvalue weighted by Gasteiger charge is -2.60. The van der Waals surface area contributed by atoms with Crippen LogP contribution in [0.25, 0.3) is 0 Å². The number of carbonyl (C=O) groups is 1. The van der Waals surface area contributed by atoms with Crippen molar-refractivity contribution in [3.8, 4) is 0 Å². The molecular weight excluding hydrogens is 414 g/mol. The summed E-state index contributed by atoms with van der Waals surface area (Å²) >= 11 is 1.63. The Morgan fingerprint density at radius 2 is 2.00 bits per heavy atom. The highest BCUT2D eigenvalue weighted by atomic mass is 32.1. The molecule has 0 bridgehead atoms. The van der Waals surface area contributed by atoms with E-state index in [2.05, 4.69) is 55.6 Å². The summed E-state index contributed by atoms with van der Waals surface area (Å²) in [5.41, 5.74) is 3.48. The molecule has 0 saturated heterocycles. The van der Waals surface area contributed by atoms with Crippen LogP contribution in [0.15, 0.2) is 11.6 Å². The van der Waals surface area contributed by atoms with Gasteiger partial charge in [0, 0.05) is 18.4 Å². The van der Waals surface area contributed by atoms with E-state index in [0.29, 0.717) is 23.7 Å². The quantitative estimate of drug-likeness (QED) is 0.573. The molecule has 1 N–H and O–H groups in total. The molecule has 1 heterocycles. The number of hydrogen-bond acceptors (Lipinski definition) is 4. The summed E-state index contributed by atoms with van der Waals surface area (Å²) in [7, 11) is 0. The number of allylic oxidation sites excluding steroid dienone is 2. The molecule has 0 unspecified atom stereocenters. The van der Waals surface area contributed by atoms with Crippen molar-refractivity contribution < 1.29 is 4.79 Å². The Hall–Kier alpha value is -1.23. The fourth-order valence-electron chi connectivity index (χ4n) is 9.23. The lowest BCUT2D eigenvalue weighted by Crippen LogP contribution is -2.53. The largest absolute Gasteiger partial charge is 0.356 e. The van der Waals surface area contributed by atoms with E-state index in [1.54, 1.807) is 17.1 Å². The maximum absolute atomic E-state index is 12.3. The van der Waals surface area contributed by atoms with Crippen LogP contribution in [0.4, 0.5) is 0 Å². The van der Waals surface area contributed by atoms with Gasteiger partial charge in [-0.2, -0.15) is 0 Å². The second-order valence-corrected chi connectivity index (χ2v) is 13.2. The summed E-state index contributed by atoms with van der Waals surface area (Å²) in [5, 5.41) is 7.58. The summed E-state index contributed by atoms with van der Waals surface area (Å²) in [5.74, 6) is 3.71. The van der Waals surface area contributed by atoms with Crippen molar-refractivity contribution in [2.45, 2.75) is 91.9 Å². The number of aromatic nitrogens is 2. The van der Waals surface area contributed by atoms with Crippen LogP contribution in [-0.4, -0.2) is 22.0 Å². The maximum atomic E-state index is 12.3. The third-order valence-corrected chi connectivity index (χ3v) is 11.2. The monoisotopic (exact) mass is 455 g/mol. The molecular formula is C27H41N3OS. The molecule has 1 amide bonds. The molecule has 4 nitrogen and oxygen atoms in total. The van der Waals surface area contributed by atoms with E-state index >= 15 is 0 Å². The van der Waals surface area contributed by atoms with Gasteiger partial charge in [-0.3, -0.25) is 4.79 Å². The molecule has 5 heteroatoms. The predicted molar refractivity (Wildman–Crippen MR) is 130 cm³/mol.